The normalized spacial score (nSPS) is 25.3. The van der Waals surface area contributed by atoms with E-state index < -0.39 is 10.1 Å². The van der Waals surface area contributed by atoms with Crippen molar-refractivity contribution in [1.82, 2.24) is 0 Å². The lowest BCUT2D eigenvalue weighted by atomic mass is 9.80. The van der Waals surface area contributed by atoms with Gasteiger partial charge in [0.2, 0.25) is 0 Å². The van der Waals surface area contributed by atoms with Gasteiger partial charge < -0.3 is 14.2 Å². The van der Waals surface area contributed by atoms with Gasteiger partial charge in [0.05, 0.1) is 25.6 Å². The summed E-state index contributed by atoms with van der Waals surface area (Å²) in [5.41, 5.74) is 1.08. The van der Waals surface area contributed by atoms with E-state index >= 15 is 0 Å². The Labute approximate surface area is 137 Å². The first-order valence-corrected chi connectivity index (χ1v) is 9.37. The van der Waals surface area contributed by atoms with Crippen LogP contribution in [0.2, 0.25) is 0 Å². The lowest BCUT2D eigenvalue weighted by Crippen LogP contribution is -2.35. The maximum absolute atomic E-state index is 11.4. The van der Waals surface area contributed by atoms with Crippen LogP contribution in [0.25, 0.3) is 0 Å². The smallest absolute Gasteiger partial charge is 0.264 e. The van der Waals surface area contributed by atoms with Gasteiger partial charge in [0.15, 0.2) is 0 Å². The summed E-state index contributed by atoms with van der Waals surface area (Å²) in [6, 6.07) is 7.75. The van der Waals surface area contributed by atoms with E-state index in [1.54, 1.807) is 14.2 Å². The molecular weight excluding hydrogens is 320 g/mol. The number of hydrogen-bond donors (Lipinski definition) is 0. The molecule has 0 aliphatic heterocycles. The molecule has 6 nitrogen and oxygen atoms in total. The molecule has 1 aliphatic carbocycles. The number of methoxy groups -OCH3 is 2. The maximum atomic E-state index is 11.4. The van der Waals surface area contributed by atoms with Gasteiger partial charge in [0, 0.05) is 13.0 Å². The molecule has 1 aromatic rings. The minimum absolute atomic E-state index is 0.0252. The van der Waals surface area contributed by atoms with Crippen LogP contribution in [-0.4, -0.2) is 47.9 Å². The fourth-order valence-electron chi connectivity index (χ4n) is 3.00. The summed E-state index contributed by atoms with van der Waals surface area (Å²) in [7, 11) is -0.255. The van der Waals surface area contributed by atoms with Gasteiger partial charge in [0.1, 0.15) is 12.5 Å². The van der Waals surface area contributed by atoms with Crippen molar-refractivity contribution in [2.24, 2.45) is 0 Å². The van der Waals surface area contributed by atoms with Crippen molar-refractivity contribution < 1.29 is 26.8 Å². The summed E-state index contributed by atoms with van der Waals surface area (Å²) in [4.78, 5) is 0. The molecule has 1 aliphatic rings. The summed E-state index contributed by atoms with van der Waals surface area (Å²) in [6.45, 7) is 0.217. The first-order chi connectivity index (χ1) is 10.9. The van der Waals surface area contributed by atoms with Gasteiger partial charge in [-0.15, -0.1) is 0 Å². The Balaban J connectivity index is 2.15. The van der Waals surface area contributed by atoms with Crippen molar-refractivity contribution in [1.29, 1.82) is 0 Å². The molecule has 23 heavy (non-hydrogen) atoms. The molecule has 0 radical (unpaired) electrons. The first-order valence-electron chi connectivity index (χ1n) is 7.55. The minimum Gasteiger partial charge on any atom is -0.497 e. The predicted molar refractivity (Wildman–Crippen MR) is 86.1 cm³/mol. The summed E-state index contributed by atoms with van der Waals surface area (Å²) >= 11 is 0. The van der Waals surface area contributed by atoms with Gasteiger partial charge in [-0.2, -0.15) is 8.42 Å². The van der Waals surface area contributed by atoms with E-state index in [0.717, 1.165) is 24.0 Å². The average Bonchev–Trinajstić information content (AvgIpc) is 2.52. The standard InChI is InChI=1S/C16H24O6S/c1-19-11-21-16-9-8-14(22-23(3,17)18)10-15(16)12-4-6-13(20-2)7-5-12/h4-7,14-16H,8-11H2,1-3H3/t14-,15-,16+/m0/s1. The lowest BCUT2D eigenvalue weighted by Gasteiger charge is -2.35. The third-order valence-electron chi connectivity index (χ3n) is 3.99. The molecule has 0 spiro atoms. The summed E-state index contributed by atoms with van der Waals surface area (Å²) < 4.78 is 43.9. The van der Waals surface area contributed by atoms with Crippen LogP contribution in [0.3, 0.4) is 0 Å². The van der Waals surface area contributed by atoms with Gasteiger partial charge in [-0.05, 0) is 37.0 Å². The Kier molecular flexibility index (Phi) is 6.41. The third-order valence-corrected chi connectivity index (χ3v) is 4.62. The van der Waals surface area contributed by atoms with E-state index in [0.29, 0.717) is 12.8 Å². The van der Waals surface area contributed by atoms with Crippen LogP contribution in [-0.2, 0) is 23.8 Å². The summed E-state index contributed by atoms with van der Waals surface area (Å²) in [5, 5.41) is 0. The molecule has 3 atom stereocenters. The number of benzene rings is 1. The van der Waals surface area contributed by atoms with E-state index in [4.69, 9.17) is 18.4 Å². The Morgan fingerprint density at radius 1 is 1.13 bits per heavy atom. The first kappa shape index (κ1) is 18.2. The second-order valence-corrected chi connectivity index (χ2v) is 7.33. The third kappa shape index (κ3) is 5.46. The van der Waals surface area contributed by atoms with E-state index in [-0.39, 0.29) is 24.9 Å². The van der Waals surface area contributed by atoms with Crippen molar-refractivity contribution >= 4 is 10.1 Å². The largest absolute Gasteiger partial charge is 0.497 e. The fourth-order valence-corrected chi connectivity index (χ4v) is 3.66. The summed E-state index contributed by atoms with van der Waals surface area (Å²) in [5.74, 6) is 0.833. The van der Waals surface area contributed by atoms with Crippen LogP contribution < -0.4 is 4.74 Å². The minimum atomic E-state index is -3.46. The average molecular weight is 344 g/mol. The van der Waals surface area contributed by atoms with Crippen LogP contribution in [0.15, 0.2) is 24.3 Å². The SMILES string of the molecule is COCO[C@@H]1CC[C@H](OS(C)(=O)=O)C[C@H]1c1ccc(OC)cc1. The molecule has 0 amide bonds. The van der Waals surface area contributed by atoms with Crippen LogP contribution in [0.5, 0.6) is 5.75 Å². The van der Waals surface area contributed by atoms with Gasteiger partial charge in [-0.3, -0.25) is 4.18 Å². The highest BCUT2D eigenvalue weighted by Gasteiger charge is 2.34. The molecule has 7 heteroatoms. The number of rotatable bonds is 7. The van der Waals surface area contributed by atoms with Crippen molar-refractivity contribution in [2.45, 2.75) is 37.4 Å². The predicted octanol–water partition coefficient (Wildman–Crippen LogP) is 2.30. The Bertz CT molecular complexity index is 583. The van der Waals surface area contributed by atoms with Crippen molar-refractivity contribution in [3.8, 4) is 5.75 Å². The zero-order valence-corrected chi connectivity index (χ0v) is 14.5. The summed E-state index contributed by atoms with van der Waals surface area (Å²) in [6.07, 6.45) is 2.70. The molecule has 1 aromatic carbocycles. The molecule has 0 saturated heterocycles. The van der Waals surface area contributed by atoms with E-state index in [2.05, 4.69) is 0 Å². The number of ether oxygens (including phenoxy) is 3. The lowest BCUT2D eigenvalue weighted by molar-refractivity contribution is -0.0977. The van der Waals surface area contributed by atoms with E-state index in [9.17, 15) is 8.42 Å². The van der Waals surface area contributed by atoms with Gasteiger partial charge in [-0.25, -0.2) is 0 Å². The second kappa shape index (κ2) is 8.10. The zero-order chi connectivity index (χ0) is 16.9. The van der Waals surface area contributed by atoms with Gasteiger partial charge in [-0.1, -0.05) is 12.1 Å². The highest BCUT2D eigenvalue weighted by Crippen LogP contribution is 2.37. The van der Waals surface area contributed by atoms with Gasteiger partial charge in [0.25, 0.3) is 10.1 Å². The Hall–Kier alpha value is -1.15. The van der Waals surface area contributed by atoms with Gasteiger partial charge >= 0.3 is 0 Å². The molecule has 1 fully saturated rings. The number of hydrogen-bond acceptors (Lipinski definition) is 6. The molecular formula is C16H24O6S. The van der Waals surface area contributed by atoms with Crippen LogP contribution >= 0.6 is 0 Å². The fraction of sp³-hybridized carbons (Fsp3) is 0.625. The quantitative estimate of drug-likeness (QED) is 0.558. The van der Waals surface area contributed by atoms with Crippen molar-refractivity contribution in [2.75, 3.05) is 27.3 Å². The molecule has 0 unspecified atom stereocenters. The van der Waals surface area contributed by atoms with E-state index in [1.807, 2.05) is 24.3 Å². The van der Waals surface area contributed by atoms with Crippen LogP contribution in [0.1, 0.15) is 30.7 Å². The molecule has 0 aromatic heterocycles. The molecule has 0 bridgehead atoms. The topological polar surface area (TPSA) is 71.1 Å². The Morgan fingerprint density at radius 2 is 1.83 bits per heavy atom. The zero-order valence-electron chi connectivity index (χ0n) is 13.7. The molecule has 0 N–H and O–H groups in total. The Morgan fingerprint density at radius 3 is 2.39 bits per heavy atom. The van der Waals surface area contributed by atoms with Crippen LogP contribution in [0, 0.1) is 0 Å². The van der Waals surface area contributed by atoms with Crippen LogP contribution in [0.4, 0.5) is 0 Å². The van der Waals surface area contributed by atoms with Crippen molar-refractivity contribution in [3.05, 3.63) is 29.8 Å². The molecule has 130 valence electrons. The molecule has 0 heterocycles. The monoisotopic (exact) mass is 344 g/mol. The second-order valence-electron chi connectivity index (χ2n) is 5.73. The highest BCUT2D eigenvalue weighted by molar-refractivity contribution is 7.86. The maximum Gasteiger partial charge on any atom is 0.264 e. The van der Waals surface area contributed by atoms with Crippen molar-refractivity contribution in [3.63, 3.8) is 0 Å². The molecule has 2 rings (SSSR count). The van der Waals surface area contributed by atoms with E-state index in [1.165, 1.54) is 0 Å². The highest BCUT2D eigenvalue weighted by atomic mass is 32.2. The molecule has 1 saturated carbocycles.